The molecule has 0 aromatic carbocycles. The Morgan fingerprint density at radius 2 is 1.87 bits per heavy atom. The Morgan fingerprint density at radius 3 is 2.70 bits per heavy atom. The van der Waals surface area contributed by atoms with E-state index in [1.165, 1.54) is 76.8 Å². The number of nitrogens with one attached hydrogen (secondary N) is 1. The van der Waals surface area contributed by atoms with Crippen molar-refractivity contribution in [1.29, 1.82) is 0 Å². The van der Waals surface area contributed by atoms with E-state index >= 15 is 0 Å². The first-order chi connectivity index (χ1) is 11.4. The molecule has 2 fully saturated rings. The Kier molecular flexibility index (Phi) is 5.00. The molecule has 1 aliphatic carbocycles. The summed E-state index contributed by atoms with van der Waals surface area (Å²) in [5.74, 6) is 2.06. The van der Waals surface area contributed by atoms with Gasteiger partial charge in [0.05, 0.1) is 0 Å². The molecule has 3 aliphatic rings. The van der Waals surface area contributed by atoms with Gasteiger partial charge in [-0.2, -0.15) is 0 Å². The zero-order chi connectivity index (χ0) is 15.5. The van der Waals surface area contributed by atoms with E-state index in [0.717, 1.165) is 31.0 Å². The van der Waals surface area contributed by atoms with E-state index in [9.17, 15) is 0 Å². The number of hydrogen-bond acceptors (Lipinski definition) is 3. The average Bonchev–Trinajstić information content (AvgIpc) is 3.09. The molecule has 4 heteroatoms. The van der Waals surface area contributed by atoms with Crippen LogP contribution >= 0.6 is 0 Å². The summed E-state index contributed by atoms with van der Waals surface area (Å²) in [6.45, 7) is 4.98. The summed E-state index contributed by atoms with van der Waals surface area (Å²) in [5.41, 5.74) is 0. The van der Waals surface area contributed by atoms with E-state index in [0.29, 0.717) is 0 Å². The predicted octanol–water partition coefficient (Wildman–Crippen LogP) is 2.83. The number of rotatable bonds is 4. The van der Waals surface area contributed by atoms with E-state index in [-0.39, 0.29) is 0 Å². The molecule has 0 unspecified atom stereocenters. The fourth-order valence-electron chi connectivity index (χ4n) is 4.85. The summed E-state index contributed by atoms with van der Waals surface area (Å²) >= 11 is 0. The lowest BCUT2D eigenvalue weighted by Crippen LogP contribution is -2.48. The number of hydrogen-bond donors (Lipinski definition) is 1. The molecular weight excluding hydrogens is 284 g/mol. The van der Waals surface area contributed by atoms with Crippen molar-refractivity contribution in [3.63, 3.8) is 0 Å². The van der Waals surface area contributed by atoms with E-state index in [1.807, 2.05) is 6.20 Å². The fraction of sp³-hybridized carbons (Fsp3) is 0.842. The second-order valence-corrected chi connectivity index (χ2v) is 7.91. The summed E-state index contributed by atoms with van der Waals surface area (Å²) < 4.78 is 2.35. The number of likely N-dealkylation sites (tertiary alicyclic amines) is 1. The van der Waals surface area contributed by atoms with Gasteiger partial charge in [0, 0.05) is 37.4 Å². The van der Waals surface area contributed by atoms with Crippen LogP contribution in [0.1, 0.15) is 57.2 Å². The van der Waals surface area contributed by atoms with Crippen molar-refractivity contribution in [2.45, 2.75) is 76.4 Å². The number of aromatic nitrogens is 2. The third kappa shape index (κ3) is 3.80. The quantitative estimate of drug-likeness (QED) is 0.927. The molecule has 0 radical (unpaired) electrons. The molecule has 0 spiro atoms. The Hall–Kier alpha value is -0.870. The Balaban J connectivity index is 1.18. The lowest BCUT2D eigenvalue weighted by Gasteiger charge is -2.40. The van der Waals surface area contributed by atoms with E-state index in [1.54, 1.807) is 0 Å². The molecule has 1 atom stereocenters. The molecule has 2 aliphatic heterocycles. The Bertz CT molecular complexity index is 483. The maximum absolute atomic E-state index is 4.43. The van der Waals surface area contributed by atoms with Crippen molar-refractivity contribution >= 4 is 0 Å². The summed E-state index contributed by atoms with van der Waals surface area (Å²) in [5, 5.41) is 3.88. The molecular formula is C19H32N4. The van der Waals surface area contributed by atoms with Gasteiger partial charge in [0.15, 0.2) is 0 Å². The van der Waals surface area contributed by atoms with Crippen LogP contribution in [-0.2, 0) is 13.0 Å². The van der Waals surface area contributed by atoms with E-state index < -0.39 is 0 Å². The zero-order valence-corrected chi connectivity index (χ0v) is 14.4. The van der Waals surface area contributed by atoms with E-state index in [4.69, 9.17) is 0 Å². The topological polar surface area (TPSA) is 33.1 Å². The molecule has 23 heavy (non-hydrogen) atoms. The molecule has 4 rings (SSSR count). The smallest absolute Gasteiger partial charge is 0.108 e. The minimum Gasteiger partial charge on any atom is -0.335 e. The van der Waals surface area contributed by atoms with Gasteiger partial charge in [0.1, 0.15) is 5.82 Å². The van der Waals surface area contributed by atoms with Gasteiger partial charge in [0.25, 0.3) is 0 Å². The van der Waals surface area contributed by atoms with Crippen molar-refractivity contribution < 1.29 is 0 Å². The highest BCUT2D eigenvalue weighted by atomic mass is 15.2. The van der Waals surface area contributed by atoms with Gasteiger partial charge in [-0.15, -0.1) is 0 Å². The standard InChI is InChI=1S/C19H32N4/c1-2-4-18(5-3-1)22-11-8-17(9-12-22)21-14-16-6-7-19-20-10-13-23(19)15-16/h10,13,16-18,21H,1-9,11-12,14-15H2/t16-/m1/s1. The van der Waals surface area contributed by atoms with Crippen molar-refractivity contribution in [3.05, 3.63) is 18.2 Å². The maximum atomic E-state index is 4.43. The molecule has 128 valence electrons. The first-order valence-corrected chi connectivity index (χ1v) is 9.86. The largest absolute Gasteiger partial charge is 0.335 e. The predicted molar refractivity (Wildman–Crippen MR) is 93.5 cm³/mol. The molecule has 1 saturated carbocycles. The normalized spacial score (nSPS) is 27.9. The van der Waals surface area contributed by atoms with E-state index in [2.05, 4.69) is 26.0 Å². The number of fused-ring (bicyclic) bond motifs is 1. The second-order valence-electron chi connectivity index (χ2n) is 7.91. The molecule has 1 aromatic rings. The molecule has 4 nitrogen and oxygen atoms in total. The van der Waals surface area contributed by atoms with Crippen LogP contribution in [0.4, 0.5) is 0 Å². The van der Waals surface area contributed by atoms with Gasteiger partial charge in [-0.3, -0.25) is 0 Å². The van der Waals surface area contributed by atoms with Gasteiger partial charge in [0.2, 0.25) is 0 Å². The van der Waals surface area contributed by atoms with Crippen LogP contribution in [-0.4, -0.2) is 46.2 Å². The highest BCUT2D eigenvalue weighted by molar-refractivity contribution is 4.97. The summed E-state index contributed by atoms with van der Waals surface area (Å²) in [6.07, 6.45) is 16.5. The average molecular weight is 316 g/mol. The van der Waals surface area contributed by atoms with Gasteiger partial charge in [-0.05, 0) is 57.7 Å². The first kappa shape index (κ1) is 15.6. The molecule has 1 saturated heterocycles. The lowest BCUT2D eigenvalue weighted by atomic mass is 9.92. The third-order valence-electron chi connectivity index (χ3n) is 6.35. The minimum absolute atomic E-state index is 0.749. The molecule has 0 amide bonds. The van der Waals surface area contributed by atoms with Crippen molar-refractivity contribution in [2.75, 3.05) is 19.6 Å². The Morgan fingerprint density at radius 1 is 1.04 bits per heavy atom. The molecule has 1 aromatic heterocycles. The van der Waals surface area contributed by atoms with Crippen molar-refractivity contribution in [1.82, 2.24) is 19.8 Å². The highest BCUT2D eigenvalue weighted by Gasteiger charge is 2.26. The van der Waals surface area contributed by atoms with Crippen LogP contribution < -0.4 is 5.32 Å². The Labute approximate surface area is 140 Å². The van der Waals surface area contributed by atoms with Crippen LogP contribution in [0.3, 0.4) is 0 Å². The summed E-state index contributed by atoms with van der Waals surface area (Å²) in [7, 11) is 0. The first-order valence-electron chi connectivity index (χ1n) is 9.86. The summed E-state index contributed by atoms with van der Waals surface area (Å²) in [4.78, 5) is 7.22. The minimum atomic E-state index is 0.749. The zero-order valence-electron chi connectivity index (χ0n) is 14.4. The molecule has 0 bridgehead atoms. The summed E-state index contributed by atoms with van der Waals surface area (Å²) in [6, 6.07) is 1.65. The second kappa shape index (κ2) is 7.35. The molecule has 1 N–H and O–H groups in total. The van der Waals surface area contributed by atoms with Gasteiger partial charge in [-0.25, -0.2) is 4.98 Å². The number of imidazole rings is 1. The molecule has 3 heterocycles. The van der Waals surface area contributed by atoms with Crippen molar-refractivity contribution in [2.24, 2.45) is 5.92 Å². The lowest BCUT2D eigenvalue weighted by molar-refractivity contribution is 0.114. The van der Waals surface area contributed by atoms with Gasteiger partial charge >= 0.3 is 0 Å². The van der Waals surface area contributed by atoms with Crippen LogP contribution in [0, 0.1) is 5.92 Å². The van der Waals surface area contributed by atoms with Crippen LogP contribution in [0.25, 0.3) is 0 Å². The number of piperidine rings is 1. The van der Waals surface area contributed by atoms with Crippen LogP contribution in [0.5, 0.6) is 0 Å². The monoisotopic (exact) mass is 316 g/mol. The van der Waals surface area contributed by atoms with Crippen LogP contribution in [0.2, 0.25) is 0 Å². The third-order valence-corrected chi connectivity index (χ3v) is 6.35. The van der Waals surface area contributed by atoms with Gasteiger partial charge < -0.3 is 14.8 Å². The highest BCUT2D eigenvalue weighted by Crippen LogP contribution is 2.25. The SMILES string of the molecule is c1cn2c(n1)CC[C@H](CNC1CCN(C3CCCCC3)CC1)C2. The number of aryl methyl sites for hydroxylation is 1. The maximum Gasteiger partial charge on any atom is 0.108 e. The van der Waals surface area contributed by atoms with Gasteiger partial charge in [-0.1, -0.05) is 19.3 Å². The van der Waals surface area contributed by atoms with Crippen molar-refractivity contribution in [3.8, 4) is 0 Å². The number of nitrogens with zero attached hydrogens (tertiary/aromatic N) is 3. The fourth-order valence-corrected chi connectivity index (χ4v) is 4.85. The van der Waals surface area contributed by atoms with Crippen LogP contribution in [0.15, 0.2) is 12.4 Å².